The van der Waals surface area contributed by atoms with Crippen LogP contribution in [0.1, 0.15) is 24.0 Å². The van der Waals surface area contributed by atoms with Gasteiger partial charge in [-0.2, -0.15) is 0 Å². The first-order valence-corrected chi connectivity index (χ1v) is 9.18. The van der Waals surface area contributed by atoms with Gasteiger partial charge in [-0.1, -0.05) is 36.4 Å². The van der Waals surface area contributed by atoms with Crippen molar-refractivity contribution in [1.29, 1.82) is 0 Å². The third-order valence-corrected chi connectivity index (χ3v) is 5.11. The highest BCUT2D eigenvalue weighted by molar-refractivity contribution is 5.91. The Morgan fingerprint density at radius 2 is 1.81 bits per heavy atom. The van der Waals surface area contributed by atoms with Gasteiger partial charge < -0.3 is 14.4 Å². The van der Waals surface area contributed by atoms with Crippen LogP contribution in [0.15, 0.2) is 54.6 Å². The van der Waals surface area contributed by atoms with E-state index >= 15 is 0 Å². The first kappa shape index (κ1) is 16.7. The van der Waals surface area contributed by atoms with Crippen LogP contribution in [0.25, 0.3) is 6.08 Å². The molecule has 1 amide bonds. The summed E-state index contributed by atoms with van der Waals surface area (Å²) in [6, 6.07) is 16.3. The van der Waals surface area contributed by atoms with Crippen LogP contribution in [-0.4, -0.2) is 30.7 Å². The van der Waals surface area contributed by atoms with E-state index in [1.54, 1.807) is 6.08 Å². The van der Waals surface area contributed by atoms with Gasteiger partial charge in [0.25, 0.3) is 0 Å². The maximum atomic E-state index is 12.5. The van der Waals surface area contributed by atoms with Gasteiger partial charge in [0.15, 0.2) is 11.5 Å². The zero-order chi connectivity index (χ0) is 17.8. The van der Waals surface area contributed by atoms with Gasteiger partial charge in [-0.05, 0) is 54.5 Å². The fraction of sp³-hybridized carbons (Fsp3) is 0.318. The van der Waals surface area contributed by atoms with Crippen molar-refractivity contribution in [3.8, 4) is 11.5 Å². The summed E-state index contributed by atoms with van der Waals surface area (Å²) in [7, 11) is 0. The van der Waals surface area contributed by atoms with Crippen LogP contribution in [0.4, 0.5) is 0 Å². The van der Waals surface area contributed by atoms with Crippen LogP contribution in [0.2, 0.25) is 0 Å². The van der Waals surface area contributed by atoms with Crippen LogP contribution in [0.5, 0.6) is 11.5 Å². The number of ether oxygens (including phenoxy) is 2. The molecule has 0 aliphatic carbocycles. The van der Waals surface area contributed by atoms with Gasteiger partial charge >= 0.3 is 0 Å². The zero-order valence-electron chi connectivity index (χ0n) is 14.8. The number of fused-ring (bicyclic) bond motifs is 1. The second kappa shape index (κ2) is 7.65. The highest BCUT2D eigenvalue weighted by Gasteiger charge is 2.21. The summed E-state index contributed by atoms with van der Waals surface area (Å²) in [5, 5.41) is 0. The lowest BCUT2D eigenvalue weighted by Crippen LogP contribution is -2.37. The Balaban J connectivity index is 1.29. The Bertz CT molecular complexity index is 792. The average Bonchev–Trinajstić information content (AvgIpc) is 3.15. The number of carbonyl (C=O) groups is 1. The topological polar surface area (TPSA) is 38.8 Å². The van der Waals surface area contributed by atoms with Crippen molar-refractivity contribution in [2.24, 2.45) is 5.92 Å². The molecule has 2 aromatic rings. The van der Waals surface area contributed by atoms with E-state index in [9.17, 15) is 4.79 Å². The summed E-state index contributed by atoms with van der Waals surface area (Å²) in [6.45, 7) is 1.93. The minimum atomic E-state index is 0.0841. The first-order valence-electron chi connectivity index (χ1n) is 9.18. The van der Waals surface area contributed by atoms with E-state index in [4.69, 9.17) is 9.47 Å². The minimum Gasteiger partial charge on any atom is -0.454 e. The monoisotopic (exact) mass is 349 g/mol. The minimum absolute atomic E-state index is 0.0841. The average molecular weight is 349 g/mol. The van der Waals surface area contributed by atoms with Crippen molar-refractivity contribution in [2.45, 2.75) is 19.3 Å². The number of hydrogen-bond acceptors (Lipinski definition) is 3. The molecule has 0 atom stereocenters. The molecule has 0 aromatic heterocycles. The molecule has 4 nitrogen and oxygen atoms in total. The van der Waals surface area contributed by atoms with E-state index in [1.807, 2.05) is 29.2 Å². The third kappa shape index (κ3) is 3.90. The van der Waals surface area contributed by atoms with Crippen molar-refractivity contribution in [1.82, 2.24) is 4.90 Å². The molecule has 0 saturated carbocycles. The Kier molecular flexibility index (Phi) is 4.91. The standard InChI is InChI=1S/C22H23NO3/c24-22(9-7-18-6-8-20-21(15-18)26-16-25-20)23-12-10-19(11-13-23)14-17-4-2-1-3-5-17/h1-9,15,19H,10-14,16H2. The number of likely N-dealkylation sites (tertiary alicyclic amines) is 1. The van der Waals surface area contributed by atoms with E-state index in [0.29, 0.717) is 5.92 Å². The van der Waals surface area contributed by atoms with E-state index in [0.717, 1.165) is 49.4 Å². The van der Waals surface area contributed by atoms with E-state index in [1.165, 1.54) is 5.56 Å². The van der Waals surface area contributed by atoms with Gasteiger partial charge in [0.05, 0.1) is 0 Å². The van der Waals surface area contributed by atoms with E-state index in [2.05, 4.69) is 30.3 Å². The summed E-state index contributed by atoms with van der Waals surface area (Å²) in [6.07, 6.45) is 6.75. The summed E-state index contributed by atoms with van der Waals surface area (Å²) in [5.41, 5.74) is 2.33. The highest BCUT2D eigenvalue weighted by atomic mass is 16.7. The number of benzene rings is 2. The van der Waals surface area contributed by atoms with Crippen molar-refractivity contribution in [3.05, 3.63) is 65.7 Å². The molecule has 0 radical (unpaired) electrons. The lowest BCUT2D eigenvalue weighted by molar-refractivity contribution is -0.127. The van der Waals surface area contributed by atoms with Crippen LogP contribution >= 0.6 is 0 Å². The first-order chi connectivity index (χ1) is 12.8. The fourth-order valence-corrected chi connectivity index (χ4v) is 3.59. The summed E-state index contributed by atoms with van der Waals surface area (Å²) in [5.74, 6) is 2.25. The molecular formula is C22H23NO3. The van der Waals surface area contributed by atoms with Crippen molar-refractivity contribution in [2.75, 3.05) is 19.9 Å². The number of amides is 1. The molecular weight excluding hydrogens is 326 g/mol. The Morgan fingerprint density at radius 3 is 2.62 bits per heavy atom. The van der Waals surface area contributed by atoms with Gasteiger partial charge in [0, 0.05) is 19.2 Å². The molecule has 1 fully saturated rings. The molecule has 0 N–H and O–H groups in total. The second-order valence-corrected chi connectivity index (χ2v) is 6.90. The maximum absolute atomic E-state index is 12.5. The zero-order valence-corrected chi connectivity index (χ0v) is 14.8. The largest absolute Gasteiger partial charge is 0.454 e. The predicted molar refractivity (Wildman–Crippen MR) is 101 cm³/mol. The SMILES string of the molecule is O=C(C=Cc1ccc2c(c1)OCO2)N1CCC(Cc2ccccc2)CC1. The third-order valence-electron chi connectivity index (χ3n) is 5.11. The van der Waals surface area contributed by atoms with Crippen LogP contribution < -0.4 is 9.47 Å². The molecule has 4 rings (SSSR count). The number of carbonyl (C=O) groups excluding carboxylic acids is 1. The summed E-state index contributed by atoms with van der Waals surface area (Å²) >= 11 is 0. The molecule has 2 heterocycles. The molecule has 134 valence electrons. The van der Waals surface area contributed by atoms with Crippen molar-refractivity contribution >= 4 is 12.0 Å². The summed E-state index contributed by atoms with van der Waals surface area (Å²) < 4.78 is 10.7. The molecule has 2 aliphatic heterocycles. The molecule has 2 aromatic carbocycles. The number of rotatable bonds is 4. The molecule has 0 bridgehead atoms. The van der Waals surface area contributed by atoms with E-state index in [-0.39, 0.29) is 12.7 Å². The highest BCUT2D eigenvalue weighted by Crippen LogP contribution is 2.32. The molecule has 0 unspecified atom stereocenters. The van der Waals surface area contributed by atoms with E-state index < -0.39 is 0 Å². The van der Waals surface area contributed by atoms with Crippen molar-refractivity contribution in [3.63, 3.8) is 0 Å². The lowest BCUT2D eigenvalue weighted by Gasteiger charge is -2.31. The number of piperidine rings is 1. The molecule has 1 saturated heterocycles. The van der Waals surface area contributed by atoms with Crippen LogP contribution in [0.3, 0.4) is 0 Å². The van der Waals surface area contributed by atoms with Gasteiger partial charge in [-0.15, -0.1) is 0 Å². The molecule has 0 spiro atoms. The Morgan fingerprint density at radius 1 is 1.04 bits per heavy atom. The fourth-order valence-electron chi connectivity index (χ4n) is 3.59. The van der Waals surface area contributed by atoms with Crippen LogP contribution in [-0.2, 0) is 11.2 Å². The van der Waals surface area contributed by atoms with Gasteiger partial charge in [-0.25, -0.2) is 0 Å². The molecule has 2 aliphatic rings. The number of nitrogens with zero attached hydrogens (tertiary/aromatic N) is 1. The van der Waals surface area contributed by atoms with Crippen LogP contribution in [0, 0.1) is 5.92 Å². The smallest absolute Gasteiger partial charge is 0.246 e. The molecule has 26 heavy (non-hydrogen) atoms. The maximum Gasteiger partial charge on any atom is 0.246 e. The lowest BCUT2D eigenvalue weighted by atomic mass is 9.90. The predicted octanol–water partition coefficient (Wildman–Crippen LogP) is 3.91. The van der Waals surface area contributed by atoms with Gasteiger partial charge in [-0.3, -0.25) is 4.79 Å². The second-order valence-electron chi connectivity index (χ2n) is 6.90. The Hall–Kier alpha value is -2.75. The normalized spacial score (nSPS) is 17.0. The quantitative estimate of drug-likeness (QED) is 0.786. The van der Waals surface area contributed by atoms with Gasteiger partial charge in [0.1, 0.15) is 0 Å². The van der Waals surface area contributed by atoms with Crippen molar-refractivity contribution < 1.29 is 14.3 Å². The Labute approximate surface area is 154 Å². The molecule has 4 heteroatoms. The van der Waals surface area contributed by atoms with Gasteiger partial charge in [0.2, 0.25) is 12.7 Å². The summed E-state index contributed by atoms with van der Waals surface area (Å²) in [4.78, 5) is 14.4. The number of hydrogen-bond donors (Lipinski definition) is 0.